The molecule has 0 spiro atoms. The van der Waals surface area contributed by atoms with Gasteiger partial charge in [0.2, 0.25) is 0 Å². The van der Waals surface area contributed by atoms with Crippen molar-refractivity contribution in [2.75, 3.05) is 12.4 Å². The third-order valence-corrected chi connectivity index (χ3v) is 4.55. The molecule has 2 aromatic heterocycles. The van der Waals surface area contributed by atoms with Crippen LogP contribution in [0.1, 0.15) is 28.7 Å². The highest BCUT2D eigenvalue weighted by Gasteiger charge is 2.33. The van der Waals surface area contributed by atoms with Gasteiger partial charge in [-0.15, -0.1) is 0 Å². The molecule has 0 fully saturated rings. The predicted molar refractivity (Wildman–Crippen MR) is 101 cm³/mol. The van der Waals surface area contributed by atoms with E-state index in [1.165, 1.54) is 13.2 Å². The molecule has 0 aliphatic heterocycles. The zero-order valence-electron chi connectivity index (χ0n) is 14.7. The maximum atomic E-state index is 13.2. The molecule has 5 nitrogen and oxygen atoms in total. The molecule has 1 aromatic carbocycles. The second-order valence-corrected chi connectivity index (χ2v) is 6.67. The van der Waals surface area contributed by atoms with Crippen LogP contribution in [0.2, 0.25) is 10.0 Å². The number of imidazole rings is 1. The molecule has 0 aliphatic carbocycles. The standard InChI is InChI=1S/C18H14Cl2F3N3O2/c1-3-12-15(17(27)25-13-7-10(19)4-5-14(13)28-2)26-8-9(18(21,22)23)6-11(20)16(26)24-12/h4-8H,3H2,1-2H3,(H,25,27). The number of nitrogens with one attached hydrogen (secondary N) is 1. The van der Waals surface area contributed by atoms with Crippen LogP contribution in [0, 0.1) is 0 Å². The average Bonchev–Trinajstić information content (AvgIpc) is 3.00. The smallest absolute Gasteiger partial charge is 0.417 e. The number of carbonyl (C=O) groups excluding carboxylic acids is 1. The lowest BCUT2D eigenvalue weighted by Gasteiger charge is -2.12. The summed E-state index contributed by atoms with van der Waals surface area (Å²) in [4.78, 5) is 17.1. The summed E-state index contributed by atoms with van der Waals surface area (Å²) in [5.74, 6) is -0.320. The third-order valence-electron chi connectivity index (χ3n) is 4.03. The Hall–Kier alpha value is -2.45. The van der Waals surface area contributed by atoms with Crippen molar-refractivity contribution in [2.45, 2.75) is 19.5 Å². The molecule has 0 atom stereocenters. The van der Waals surface area contributed by atoms with Gasteiger partial charge in [0.15, 0.2) is 5.65 Å². The van der Waals surface area contributed by atoms with E-state index in [0.717, 1.165) is 16.7 Å². The average molecular weight is 432 g/mol. The summed E-state index contributed by atoms with van der Waals surface area (Å²) >= 11 is 12.0. The number of ether oxygens (including phenoxy) is 1. The first-order valence-corrected chi connectivity index (χ1v) is 8.83. The number of anilines is 1. The molecule has 1 N–H and O–H groups in total. The summed E-state index contributed by atoms with van der Waals surface area (Å²) in [6.07, 6.45) is -3.51. The summed E-state index contributed by atoms with van der Waals surface area (Å²) in [5, 5.41) is 2.76. The van der Waals surface area contributed by atoms with Gasteiger partial charge in [0, 0.05) is 11.2 Å². The Morgan fingerprint density at radius 3 is 2.61 bits per heavy atom. The topological polar surface area (TPSA) is 55.6 Å². The van der Waals surface area contributed by atoms with Crippen LogP contribution in [0.15, 0.2) is 30.5 Å². The van der Waals surface area contributed by atoms with Gasteiger partial charge in [-0.3, -0.25) is 9.20 Å². The molecule has 0 unspecified atom stereocenters. The second-order valence-electron chi connectivity index (χ2n) is 5.83. The number of alkyl halides is 3. The first-order chi connectivity index (χ1) is 13.2. The Labute approximate surface area is 168 Å². The minimum absolute atomic E-state index is 0.0486. The summed E-state index contributed by atoms with van der Waals surface area (Å²) in [6, 6.07) is 5.40. The second kappa shape index (κ2) is 7.52. The van der Waals surface area contributed by atoms with Gasteiger partial charge in [-0.2, -0.15) is 13.2 Å². The molecule has 3 aromatic rings. The van der Waals surface area contributed by atoms with Crippen molar-refractivity contribution in [3.63, 3.8) is 0 Å². The summed E-state index contributed by atoms with van der Waals surface area (Å²) < 4.78 is 45.8. The monoisotopic (exact) mass is 431 g/mol. The van der Waals surface area contributed by atoms with E-state index in [9.17, 15) is 18.0 Å². The molecule has 1 amide bonds. The number of hydrogen-bond acceptors (Lipinski definition) is 3. The van der Waals surface area contributed by atoms with Crippen molar-refractivity contribution >= 4 is 40.4 Å². The van der Waals surface area contributed by atoms with E-state index < -0.39 is 17.6 Å². The number of benzene rings is 1. The minimum Gasteiger partial charge on any atom is -0.495 e. The Morgan fingerprint density at radius 1 is 1.29 bits per heavy atom. The van der Waals surface area contributed by atoms with Gasteiger partial charge in [0.1, 0.15) is 11.4 Å². The van der Waals surface area contributed by atoms with Crippen molar-refractivity contribution in [2.24, 2.45) is 0 Å². The number of aromatic nitrogens is 2. The molecule has 10 heteroatoms. The van der Waals surface area contributed by atoms with Crippen LogP contribution >= 0.6 is 23.2 Å². The van der Waals surface area contributed by atoms with Crippen molar-refractivity contribution in [1.29, 1.82) is 0 Å². The number of nitrogens with zero attached hydrogens (tertiary/aromatic N) is 2. The zero-order valence-corrected chi connectivity index (χ0v) is 16.2. The quantitative estimate of drug-likeness (QED) is 0.594. The number of methoxy groups -OCH3 is 1. The lowest BCUT2D eigenvalue weighted by molar-refractivity contribution is -0.137. The summed E-state index contributed by atoms with van der Waals surface area (Å²) in [6.45, 7) is 1.73. The summed E-state index contributed by atoms with van der Waals surface area (Å²) in [7, 11) is 1.42. The molecule has 0 saturated heterocycles. The fourth-order valence-corrected chi connectivity index (χ4v) is 3.18. The van der Waals surface area contributed by atoms with Crippen LogP contribution in [-0.2, 0) is 12.6 Å². The molecular formula is C18H14Cl2F3N3O2. The number of fused-ring (bicyclic) bond motifs is 1. The van der Waals surface area contributed by atoms with Gasteiger partial charge in [-0.25, -0.2) is 4.98 Å². The van der Waals surface area contributed by atoms with Crippen LogP contribution in [0.25, 0.3) is 5.65 Å². The maximum Gasteiger partial charge on any atom is 0.417 e. The molecule has 0 radical (unpaired) electrons. The van der Waals surface area contributed by atoms with E-state index in [1.54, 1.807) is 19.1 Å². The van der Waals surface area contributed by atoms with E-state index >= 15 is 0 Å². The van der Waals surface area contributed by atoms with Crippen LogP contribution in [0.5, 0.6) is 5.75 Å². The zero-order chi connectivity index (χ0) is 20.6. The Balaban J connectivity index is 2.15. The maximum absolute atomic E-state index is 13.2. The Bertz CT molecular complexity index is 1060. The fraction of sp³-hybridized carbons (Fsp3) is 0.222. The van der Waals surface area contributed by atoms with Crippen LogP contribution in [-0.4, -0.2) is 22.4 Å². The molecule has 2 heterocycles. The normalized spacial score (nSPS) is 11.7. The Morgan fingerprint density at radius 2 is 2.00 bits per heavy atom. The van der Waals surface area contributed by atoms with Gasteiger partial charge in [-0.1, -0.05) is 30.1 Å². The first kappa shape index (κ1) is 20.3. The van der Waals surface area contributed by atoms with Gasteiger partial charge >= 0.3 is 6.18 Å². The van der Waals surface area contributed by atoms with Crippen LogP contribution in [0.4, 0.5) is 18.9 Å². The molecule has 28 heavy (non-hydrogen) atoms. The van der Waals surface area contributed by atoms with Crippen LogP contribution in [0.3, 0.4) is 0 Å². The minimum atomic E-state index is -4.63. The highest BCUT2D eigenvalue weighted by atomic mass is 35.5. The van der Waals surface area contributed by atoms with Crippen molar-refractivity contribution in [3.05, 3.63) is 57.5 Å². The highest BCUT2D eigenvalue weighted by molar-refractivity contribution is 6.33. The molecule has 0 saturated carbocycles. The first-order valence-electron chi connectivity index (χ1n) is 8.08. The molecular weight excluding hydrogens is 418 g/mol. The van der Waals surface area contributed by atoms with E-state index in [2.05, 4.69) is 10.3 Å². The lowest BCUT2D eigenvalue weighted by Crippen LogP contribution is -2.17. The van der Waals surface area contributed by atoms with E-state index in [-0.39, 0.29) is 22.1 Å². The highest BCUT2D eigenvalue weighted by Crippen LogP contribution is 2.34. The number of hydrogen-bond donors (Lipinski definition) is 1. The van der Waals surface area contributed by atoms with Gasteiger partial charge in [0.25, 0.3) is 5.91 Å². The molecule has 0 bridgehead atoms. The number of halogens is 5. The van der Waals surface area contributed by atoms with Gasteiger partial charge in [0.05, 0.1) is 29.1 Å². The largest absolute Gasteiger partial charge is 0.495 e. The molecule has 0 aliphatic rings. The molecule has 3 rings (SSSR count). The van der Waals surface area contributed by atoms with E-state index in [1.807, 2.05) is 0 Å². The lowest BCUT2D eigenvalue weighted by atomic mass is 10.2. The SMILES string of the molecule is CCc1nc2c(Cl)cc(C(F)(F)F)cn2c1C(=O)Nc1cc(Cl)ccc1OC. The van der Waals surface area contributed by atoms with Crippen molar-refractivity contribution in [1.82, 2.24) is 9.38 Å². The number of aryl methyl sites for hydroxylation is 1. The number of carbonyl (C=O) groups is 1. The molecule has 148 valence electrons. The van der Waals surface area contributed by atoms with Crippen LogP contribution < -0.4 is 10.1 Å². The van der Waals surface area contributed by atoms with Gasteiger partial charge in [-0.05, 0) is 30.7 Å². The van der Waals surface area contributed by atoms with Crippen molar-refractivity contribution in [3.8, 4) is 5.75 Å². The fourth-order valence-electron chi connectivity index (χ4n) is 2.75. The van der Waals surface area contributed by atoms with Crippen molar-refractivity contribution < 1.29 is 22.7 Å². The third kappa shape index (κ3) is 3.74. The Kier molecular flexibility index (Phi) is 5.45. The predicted octanol–water partition coefficient (Wildman–Crippen LogP) is 5.48. The number of rotatable bonds is 4. The summed E-state index contributed by atoms with van der Waals surface area (Å²) in [5.41, 5.74) is -0.392. The van der Waals surface area contributed by atoms with E-state index in [0.29, 0.717) is 22.9 Å². The number of amides is 1. The number of pyridine rings is 1. The van der Waals surface area contributed by atoms with Gasteiger partial charge < -0.3 is 10.1 Å². The van der Waals surface area contributed by atoms with E-state index in [4.69, 9.17) is 27.9 Å².